The zero-order valence-corrected chi connectivity index (χ0v) is 42.1. The zero-order chi connectivity index (χ0) is 46.7. The van der Waals surface area contributed by atoms with E-state index in [0.717, 1.165) is 57.8 Å². The summed E-state index contributed by atoms with van der Waals surface area (Å²) in [6.45, 7) is 6.32. The number of carbonyl (C=O) groups is 2. The average Bonchev–Trinajstić information content (AvgIpc) is 3.29. The number of hydrogen-bond donors (Lipinski definition) is 3. The van der Waals surface area contributed by atoms with Gasteiger partial charge in [0.2, 0.25) is 5.91 Å². The Bertz CT molecular complexity index is 1190. The first kappa shape index (κ1) is 61.3. The molecule has 0 bridgehead atoms. The number of esters is 1. The summed E-state index contributed by atoms with van der Waals surface area (Å²) >= 11 is 0. The van der Waals surface area contributed by atoms with Gasteiger partial charge in [-0.3, -0.25) is 9.59 Å². The van der Waals surface area contributed by atoms with Crippen LogP contribution in [0.15, 0.2) is 72.9 Å². The molecule has 1 amide bonds. The van der Waals surface area contributed by atoms with Gasteiger partial charge in [-0.2, -0.15) is 0 Å². The fraction of sp³-hybridized carbons (Fsp3) is 0.759. The van der Waals surface area contributed by atoms with Crippen LogP contribution < -0.4 is 5.32 Å². The minimum atomic E-state index is -0.809. The predicted molar refractivity (Wildman–Crippen MR) is 278 cm³/mol. The number of ether oxygens (including phenoxy) is 1. The van der Waals surface area contributed by atoms with Gasteiger partial charge < -0.3 is 20.3 Å². The molecule has 3 atom stereocenters. The molecule has 0 aromatic heterocycles. The van der Waals surface area contributed by atoms with Crippen LogP contribution >= 0.6 is 0 Å². The third-order valence-corrected chi connectivity index (χ3v) is 12.1. The number of carbonyl (C=O) groups excluding carboxylic acids is 2. The van der Waals surface area contributed by atoms with Gasteiger partial charge in [-0.05, 0) is 64.2 Å². The van der Waals surface area contributed by atoms with Crippen LogP contribution in [0.3, 0.4) is 0 Å². The van der Waals surface area contributed by atoms with Crippen LogP contribution in [0.2, 0.25) is 0 Å². The average molecular weight is 894 g/mol. The van der Waals surface area contributed by atoms with Crippen molar-refractivity contribution in [3.05, 3.63) is 72.9 Å². The predicted octanol–water partition coefficient (Wildman–Crippen LogP) is 16.6. The number of rotatable bonds is 48. The molecule has 0 rings (SSSR count). The highest BCUT2D eigenvalue weighted by Gasteiger charge is 2.24. The van der Waals surface area contributed by atoms with E-state index < -0.39 is 18.2 Å². The monoisotopic (exact) mass is 894 g/mol. The van der Waals surface area contributed by atoms with Gasteiger partial charge in [0.1, 0.15) is 6.10 Å². The first-order chi connectivity index (χ1) is 31.5. The minimum absolute atomic E-state index is 0.0263. The molecule has 0 radical (unpaired) electrons. The maximum Gasteiger partial charge on any atom is 0.306 e. The maximum atomic E-state index is 13.2. The first-order valence-corrected chi connectivity index (χ1v) is 27.2. The second-order valence-electron chi connectivity index (χ2n) is 18.4. The van der Waals surface area contributed by atoms with E-state index in [1.165, 1.54) is 154 Å². The Kier molecular flexibility index (Phi) is 49.1. The number of hydrogen-bond acceptors (Lipinski definition) is 5. The van der Waals surface area contributed by atoms with Crippen molar-refractivity contribution in [2.75, 3.05) is 6.61 Å². The molecule has 0 fully saturated rings. The van der Waals surface area contributed by atoms with E-state index in [1.807, 2.05) is 48.6 Å². The second kappa shape index (κ2) is 51.3. The molecule has 0 aromatic rings. The van der Waals surface area contributed by atoms with E-state index in [4.69, 9.17) is 4.74 Å². The van der Waals surface area contributed by atoms with Crippen LogP contribution in [-0.2, 0) is 14.3 Å². The van der Waals surface area contributed by atoms with Crippen LogP contribution in [0.5, 0.6) is 0 Å². The van der Waals surface area contributed by atoms with Gasteiger partial charge in [0.15, 0.2) is 0 Å². The van der Waals surface area contributed by atoms with Crippen LogP contribution in [0.4, 0.5) is 0 Å². The van der Waals surface area contributed by atoms with Gasteiger partial charge in [0.05, 0.1) is 25.2 Å². The van der Waals surface area contributed by atoms with E-state index in [-0.39, 0.29) is 24.9 Å². The number of amides is 1. The fourth-order valence-electron chi connectivity index (χ4n) is 8.04. The Morgan fingerprint density at radius 3 is 1.34 bits per heavy atom. The van der Waals surface area contributed by atoms with Gasteiger partial charge in [-0.15, -0.1) is 0 Å². The summed E-state index contributed by atoms with van der Waals surface area (Å²) in [7, 11) is 0. The summed E-state index contributed by atoms with van der Waals surface area (Å²) in [6, 6.07) is -0.727. The van der Waals surface area contributed by atoms with Crippen molar-refractivity contribution < 1.29 is 24.5 Å². The normalized spacial score (nSPS) is 13.8. The standard InChI is InChI=1S/C58H103NO5/c1-4-7-10-13-16-19-22-25-26-27-28-29-30-33-36-39-42-45-48-51-58(63)64-54(49-46-43-40-37-34-31-23-20-17-14-11-8-5-2)52-57(62)59-55(53-60)56(61)50-47-44-41-38-35-32-24-21-18-15-12-9-6-3/h8,11,14,17,20,23,25-26,31,34,37,40,54-56,60-61H,4-7,9-10,12-13,15-16,18-19,21-22,24,27-30,32-33,35-36,38-39,41-53H2,1-3H3,(H,59,62)/b11-8+,17-14+,23-20-,26-25+,34-31-,40-37+. The highest BCUT2D eigenvalue weighted by molar-refractivity contribution is 5.77. The lowest BCUT2D eigenvalue weighted by atomic mass is 10.0. The molecule has 370 valence electrons. The van der Waals surface area contributed by atoms with Gasteiger partial charge in [0.25, 0.3) is 0 Å². The Hall–Kier alpha value is -2.70. The topological polar surface area (TPSA) is 95.9 Å². The quantitative estimate of drug-likeness (QED) is 0.0245. The second-order valence-corrected chi connectivity index (χ2v) is 18.4. The lowest BCUT2D eigenvalue weighted by Crippen LogP contribution is -2.46. The smallest absolute Gasteiger partial charge is 0.306 e. The molecule has 0 saturated carbocycles. The van der Waals surface area contributed by atoms with Gasteiger partial charge in [-0.1, -0.05) is 254 Å². The Morgan fingerprint density at radius 1 is 0.469 bits per heavy atom. The molecule has 0 aliphatic carbocycles. The van der Waals surface area contributed by atoms with Crippen molar-refractivity contribution >= 4 is 11.9 Å². The number of allylic oxidation sites excluding steroid dienone is 12. The molecule has 6 heteroatoms. The van der Waals surface area contributed by atoms with Crippen LogP contribution in [0, 0.1) is 0 Å². The molecule has 0 spiro atoms. The Morgan fingerprint density at radius 2 is 0.875 bits per heavy atom. The molecule has 3 unspecified atom stereocenters. The van der Waals surface area contributed by atoms with E-state index in [9.17, 15) is 19.8 Å². The summed E-state index contributed by atoms with van der Waals surface area (Å²) in [4.78, 5) is 26.2. The van der Waals surface area contributed by atoms with Gasteiger partial charge in [0, 0.05) is 6.42 Å². The van der Waals surface area contributed by atoms with E-state index in [1.54, 1.807) is 0 Å². The zero-order valence-electron chi connectivity index (χ0n) is 42.1. The van der Waals surface area contributed by atoms with Crippen molar-refractivity contribution in [2.45, 2.75) is 277 Å². The molecule has 3 N–H and O–H groups in total. The summed E-state index contributed by atoms with van der Waals surface area (Å²) in [5.41, 5.74) is 0. The number of nitrogens with one attached hydrogen (secondary N) is 1. The van der Waals surface area contributed by atoms with E-state index >= 15 is 0 Å². The number of aliphatic hydroxyl groups is 2. The van der Waals surface area contributed by atoms with Crippen molar-refractivity contribution in [1.29, 1.82) is 0 Å². The van der Waals surface area contributed by atoms with Gasteiger partial charge in [-0.25, -0.2) is 0 Å². The van der Waals surface area contributed by atoms with Crippen LogP contribution in [0.25, 0.3) is 0 Å². The minimum Gasteiger partial charge on any atom is -0.462 e. The molecule has 6 nitrogen and oxygen atoms in total. The van der Waals surface area contributed by atoms with E-state index in [2.05, 4.69) is 50.4 Å². The first-order valence-electron chi connectivity index (χ1n) is 27.2. The van der Waals surface area contributed by atoms with Crippen molar-refractivity contribution in [3.63, 3.8) is 0 Å². The summed E-state index contributed by atoms with van der Waals surface area (Å²) in [5, 5.41) is 23.8. The lowest BCUT2D eigenvalue weighted by molar-refractivity contribution is -0.151. The molecule has 0 aliphatic rings. The van der Waals surface area contributed by atoms with E-state index in [0.29, 0.717) is 19.3 Å². The maximum absolute atomic E-state index is 13.2. The molecular formula is C58H103NO5. The van der Waals surface area contributed by atoms with Crippen molar-refractivity contribution in [1.82, 2.24) is 5.32 Å². The molecular weight excluding hydrogens is 791 g/mol. The Balaban J connectivity index is 4.60. The third kappa shape index (κ3) is 45.9. The number of aliphatic hydroxyl groups excluding tert-OH is 2. The highest BCUT2D eigenvalue weighted by Crippen LogP contribution is 2.17. The lowest BCUT2D eigenvalue weighted by Gasteiger charge is -2.24. The SMILES string of the molecule is CC/C=C/C=C/C=C\C=C/C=C/CCCC(CC(=O)NC(CO)C(O)CCCCCCCCCCCCCCC)OC(=O)CCCCCCCCCCC/C=C/CCCCCCCC. The molecule has 0 aromatic carbocycles. The molecule has 0 heterocycles. The van der Waals surface area contributed by atoms with Crippen molar-refractivity contribution in [2.24, 2.45) is 0 Å². The summed E-state index contributed by atoms with van der Waals surface area (Å²) in [5.74, 6) is -0.546. The largest absolute Gasteiger partial charge is 0.462 e. The molecule has 64 heavy (non-hydrogen) atoms. The van der Waals surface area contributed by atoms with Gasteiger partial charge >= 0.3 is 5.97 Å². The Labute approximate surface area is 396 Å². The number of unbranched alkanes of at least 4 members (excludes halogenated alkanes) is 28. The summed E-state index contributed by atoms with van der Waals surface area (Å²) < 4.78 is 5.91. The highest BCUT2D eigenvalue weighted by atomic mass is 16.5. The van der Waals surface area contributed by atoms with Crippen molar-refractivity contribution in [3.8, 4) is 0 Å². The molecule has 0 aliphatic heterocycles. The molecule has 0 saturated heterocycles. The van der Waals surface area contributed by atoms with Crippen LogP contribution in [-0.4, -0.2) is 46.9 Å². The van der Waals surface area contributed by atoms with Crippen LogP contribution in [0.1, 0.15) is 258 Å². The summed E-state index contributed by atoms with van der Waals surface area (Å²) in [6.07, 6.45) is 65.4. The third-order valence-electron chi connectivity index (χ3n) is 12.1. The fourth-order valence-corrected chi connectivity index (χ4v) is 8.04.